The quantitative estimate of drug-likeness (QED) is 0.679. The zero-order chi connectivity index (χ0) is 22.1. The third kappa shape index (κ3) is 4.73. The van der Waals surface area contributed by atoms with Crippen LogP contribution in [0.3, 0.4) is 0 Å². The standard InChI is InChI=1S/C23H28N2O4S/c1-13(26)24-21-19(17-11-8-15(23(2,3)4)12-18(17)30-21)20(27)25-16-9-6-14(7-10-16)22(28)29-5/h6-7,9-10,15H,8,11-12H2,1-5H3,(H,24,26)(H,25,27)/t15-/m1/s1. The fourth-order valence-electron chi connectivity index (χ4n) is 3.81. The molecule has 1 aliphatic carbocycles. The normalized spacial score (nSPS) is 15.8. The number of anilines is 2. The summed E-state index contributed by atoms with van der Waals surface area (Å²) in [7, 11) is 1.32. The van der Waals surface area contributed by atoms with Gasteiger partial charge in [-0.2, -0.15) is 0 Å². The van der Waals surface area contributed by atoms with Crippen LogP contribution in [0, 0.1) is 11.3 Å². The first-order valence-corrected chi connectivity index (χ1v) is 10.8. The van der Waals surface area contributed by atoms with E-state index in [0.29, 0.717) is 27.7 Å². The van der Waals surface area contributed by atoms with Crippen molar-refractivity contribution in [2.24, 2.45) is 11.3 Å². The minimum absolute atomic E-state index is 0.194. The van der Waals surface area contributed by atoms with E-state index in [1.165, 1.54) is 30.2 Å². The summed E-state index contributed by atoms with van der Waals surface area (Å²) in [4.78, 5) is 37.7. The maximum absolute atomic E-state index is 13.2. The Bertz CT molecular complexity index is 970. The maximum atomic E-state index is 13.2. The van der Waals surface area contributed by atoms with Gasteiger partial charge in [-0.25, -0.2) is 4.79 Å². The molecular formula is C23H28N2O4S. The molecule has 0 unspecified atom stereocenters. The van der Waals surface area contributed by atoms with Crippen molar-refractivity contribution in [2.75, 3.05) is 17.7 Å². The summed E-state index contributed by atoms with van der Waals surface area (Å²) >= 11 is 1.50. The molecule has 0 aliphatic heterocycles. The Morgan fingerprint density at radius 1 is 1.10 bits per heavy atom. The van der Waals surface area contributed by atoms with Gasteiger partial charge in [0.15, 0.2) is 0 Å². The Morgan fingerprint density at radius 2 is 1.77 bits per heavy atom. The number of nitrogens with one attached hydrogen (secondary N) is 2. The van der Waals surface area contributed by atoms with Gasteiger partial charge in [-0.05, 0) is 60.4 Å². The van der Waals surface area contributed by atoms with Crippen LogP contribution in [0.25, 0.3) is 0 Å². The van der Waals surface area contributed by atoms with Crippen molar-refractivity contribution in [1.82, 2.24) is 0 Å². The number of hydrogen-bond acceptors (Lipinski definition) is 5. The summed E-state index contributed by atoms with van der Waals surface area (Å²) in [5.74, 6) is -0.342. The first-order chi connectivity index (χ1) is 14.1. The number of carbonyl (C=O) groups is 3. The monoisotopic (exact) mass is 428 g/mol. The highest BCUT2D eigenvalue weighted by Gasteiger charge is 2.34. The molecule has 1 aliphatic rings. The second-order valence-electron chi connectivity index (χ2n) is 8.72. The summed E-state index contributed by atoms with van der Waals surface area (Å²) in [6, 6.07) is 6.54. The number of hydrogen-bond donors (Lipinski definition) is 2. The highest BCUT2D eigenvalue weighted by atomic mass is 32.1. The van der Waals surface area contributed by atoms with Crippen LogP contribution in [-0.4, -0.2) is 24.9 Å². The Hall–Kier alpha value is -2.67. The number of carbonyl (C=O) groups excluding carboxylic acids is 3. The molecule has 2 amide bonds. The largest absolute Gasteiger partial charge is 0.465 e. The molecular weight excluding hydrogens is 400 g/mol. The zero-order valence-electron chi connectivity index (χ0n) is 18.0. The zero-order valence-corrected chi connectivity index (χ0v) is 18.9. The molecule has 30 heavy (non-hydrogen) atoms. The predicted octanol–water partition coefficient (Wildman–Crippen LogP) is 4.90. The van der Waals surface area contributed by atoms with Crippen molar-refractivity contribution in [3.8, 4) is 0 Å². The molecule has 0 spiro atoms. The molecule has 160 valence electrons. The average molecular weight is 429 g/mol. The van der Waals surface area contributed by atoms with Gasteiger partial charge in [0.25, 0.3) is 5.91 Å². The fourth-order valence-corrected chi connectivity index (χ4v) is 5.19. The van der Waals surface area contributed by atoms with Gasteiger partial charge in [-0.15, -0.1) is 11.3 Å². The van der Waals surface area contributed by atoms with Crippen LogP contribution in [0.2, 0.25) is 0 Å². The molecule has 1 aromatic heterocycles. The van der Waals surface area contributed by atoms with Crippen molar-refractivity contribution in [3.63, 3.8) is 0 Å². The van der Waals surface area contributed by atoms with Gasteiger partial charge in [0.1, 0.15) is 5.00 Å². The van der Waals surface area contributed by atoms with Crippen LogP contribution in [-0.2, 0) is 22.4 Å². The SMILES string of the molecule is COC(=O)c1ccc(NC(=O)c2c(NC(C)=O)sc3c2CC[C@@H](C(C)(C)C)C3)cc1. The highest BCUT2D eigenvalue weighted by molar-refractivity contribution is 7.17. The molecule has 1 heterocycles. The topological polar surface area (TPSA) is 84.5 Å². The Labute approximate surface area is 181 Å². The summed E-state index contributed by atoms with van der Waals surface area (Å²) in [5, 5.41) is 6.34. The summed E-state index contributed by atoms with van der Waals surface area (Å²) in [5.41, 5.74) is 2.77. The van der Waals surface area contributed by atoms with Crippen molar-refractivity contribution in [2.45, 2.75) is 47.0 Å². The lowest BCUT2D eigenvalue weighted by Crippen LogP contribution is -2.27. The fraction of sp³-hybridized carbons (Fsp3) is 0.435. The van der Waals surface area contributed by atoms with Crippen molar-refractivity contribution >= 4 is 39.8 Å². The molecule has 0 saturated carbocycles. The molecule has 1 aromatic carbocycles. The van der Waals surface area contributed by atoms with Gasteiger partial charge in [-0.3, -0.25) is 9.59 Å². The molecule has 2 N–H and O–H groups in total. The smallest absolute Gasteiger partial charge is 0.337 e. The van der Waals surface area contributed by atoms with Gasteiger partial charge in [0.2, 0.25) is 5.91 Å². The van der Waals surface area contributed by atoms with Crippen LogP contribution in [0.1, 0.15) is 65.3 Å². The predicted molar refractivity (Wildman–Crippen MR) is 119 cm³/mol. The van der Waals surface area contributed by atoms with E-state index in [2.05, 4.69) is 31.4 Å². The number of ether oxygens (including phenoxy) is 1. The van der Waals surface area contributed by atoms with Gasteiger partial charge in [-0.1, -0.05) is 20.8 Å². The maximum Gasteiger partial charge on any atom is 0.337 e. The third-order valence-corrected chi connectivity index (χ3v) is 6.74. The number of fused-ring (bicyclic) bond motifs is 1. The van der Waals surface area contributed by atoms with Gasteiger partial charge in [0, 0.05) is 17.5 Å². The van der Waals surface area contributed by atoms with E-state index in [4.69, 9.17) is 4.74 Å². The summed E-state index contributed by atoms with van der Waals surface area (Å²) in [6.07, 6.45) is 2.75. The molecule has 0 saturated heterocycles. The number of thiophene rings is 1. The summed E-state index contributed by atoms with van der Waals surface area (Å²) < 4.78 is 4.70. The van der Waals surface area contributed by atoms with E-state index < -0.39 is 5.97 Å². The number of rotatable bonds is 4. The molecule has 1 atom stereocenters. The summed E-state index contributed by atoms with van der Waals surface area (Å²) in [6.45, 7) is 8.19. The average Bonchev–Trinajstić information content (AvgIpc) is 3.03. The van der Waals surface area contributed by atoms with E-state index >= 15 is 0 Å². The number of amides is 2. The van der Waals surface area contributed by atoms with Crippen molar-refractivity contribution in [1.29, 1.82) is 0 Å². The van der Waals surface area contributed by atoms with E-state index in [1.807, 2.05) is 0 Å². The van der Waals surface area contributed by atoms with Crippen LogP contribution < -0.4 is 10.6 Å². The molecule has 6 nitrogen and oxygen atoms in total. The van der Waals surface area contributed by atoms with Gasteiger partial charge in [0.05, 0.1) is 18.2 Å². The van der Waals surface area contributed by atoms with E-state index in [1.54, 1.807) is 24.3 Å². The lowest BCUT2D eigenvalue weighted by Gasteiger charge is -2.33. The molecule has 0 fully saturated rings. The minimum atomic E-state index is -0.430. The lowest BCUT2D eigenvalue weighted by molar-refractivity contribution is -0.114. The van der Waals surface area contributed by atoms with Crippen LogP contribution in [0.5, 0.6) is 0 Å². The second kappa shape index (κ2) is 8.60. The number of esters is 1. The minimum Gasteiger partial charge on any atom is -0.465 e. The molecule has 2 aromatic rings. The molecule has 7 heteroatoms. The van der Waals surface area contributed by atoms with Gasteiger partial charge >= 0.3 is 5.97 Å². The van der Waals surface area contributed by atoms with Crippen molar-refractivity contribution in [3.05, 3.63) is 45.8 Å². The first-order valence-electron chi connectivity index (χ1n) is 10.0. The van der Waals surface area contributed by atoms with E-state index in [9.17, 15) is 14.4 Å². The number of methoxy groups -OCH3 is 1. The Morgan fingerprint density at radius 3 is 2.33 bits per heavy atom. The van der Waals surface area contributed by atoms with Crippen molar-refractivity contribution < 1.29 is 19.1 Å². The molecule has 0 radical (unpaired) electrons. The van der Waals surface area contributed by atoms with Crippen LogP contribution in [0.15, 0.2) is 24.3 Å². The second-order valence-corrected chi connectivity index (χ2v) is 9.82. The Kier molecular flexibility index (Phi) is 6.31. The highest BCUT2D eigenvalue weighted by Crippen LogP contribution is 2.44. The molecule has 3 rings (SSSR count). The Balaban J connectivity index is 1.88. The van der Waals surface area contributed by atoms with Gasteiger partial charge < -0.3 is 15.4 Å². The lowest BCUT2D eigenvalue weighted by atomic mass is 9.72. The molecule has 0 bridgehead atoms. The van der Waals surface area contributed by atoms with E-state index in [-0.39, 0.29) is 17.2 Å². The van der Waals surface area contributed by atoms with E-state index in [0.717, 1.165) is 24.8 Å². The van der Waals surface area contributed by atoms with Crippen LogP contribution >= 0.6 is 11.3 Å². The first kappa shape index (κ1) is 22.0. The third-order valence-electron chi connectivity index (χ3n) is 5.57. The number of benzene rings is 1. The van der Waals surface area contributed by atoms with Crippen LogP contribution in [0.4, 0.5) is 10.7 Å².